The molecule has 2 aromatic carbocycles. The molecule has 3 aromatic rings. The number of hydrogen-bond acceptors (Lipinski definition) is 4. The highest BCUT2D eigenvalue weighted by Crippen LogP contribution is 2.22. The van der Waals surface area contributed by atoms with Gasteiger partial charge in [-0.05, 0) is 5.39 Å². The van der Waals surface area contributed by atoms with E-state index >= 15 is 0 Å². The number of fused-ring (bicyclic) bond motifs is 1. The first-order valence-corrected chi connectivity index (χ1v) is 6.29. The van der Waals surface area contributed by atoms with Gasteiger partial charge in [-0.25, -0.2) is 0 Å². The average Bonchev–Trinajstić information content (AvgIpc) is 2.53. The fraction of sp³-hybridized carbons (Fsp3) is 0. The second-order valence-electron chi connectivity index (χ2n) is 4.54. The fourth-order valence-electron chi connectivity index (χ4n) is 2.21. The van der Waals surface area contributed by atoms with Gasteiger partial charge in [0.15, 0.2) is 5.78 Å². The van der Waals surface area contributed by atoms with E-state index in [1.54, 1.807) is 12.3 Å². The van der Waals surface area contributed by atoms with Crippen LogP contribution in [0.2, 0.25) is 0 Å². The molecular formula is C16H10N2O3. The number of rotatable bonds is 3. The molecule has 1 heterocycles. The quantitative estimate of drug-likeness (QED) is 0.418. The summed E-state index contributed by atoms with van der Waals surface area (Å²) in [5, 5.41) is 12.4. The van der Waals surface area contributed by atoms with E-state index in [0.29, 0.717) is 5.56 Å². The smallest absolute Gasteiger partial charge is 0.270 e. The molecule has 3 rings (SSSR count). The lowest BCUT2D eigenvalue weighted by molar-refractivity contribution is -0.384. The number of hydrogen-bond donors (Lipinski definition) is 0. The van der Waals surface area contributed by atoms with E-state index in [9.17, 15) is 14.9 Å². The lowest BCUT2D eigenvalue weighted by Gasteiger charge is -2.05. The zero-order valence-electron chi connectivity index (χ0n) is 10.9. The van der Waals surface area contributed by atoms with Crippen LogP contribution in [0.1, 0.15) is 15.9 Å². The van der Waals surface area contributed by atoms with Crippen LogP contribution >= 0.6 is 0 Å². The number of nitro benzene ring substituents is 1. The predicted molar refractivity (Wildman–Crippen MR) is 78.3 cm³/mol. The number of carbonyl (C=O) groups is 1. The molecule has 102 valence electrons. The summed E-state index contributed by atoms with van der Waals surface area (Å²) in [6, 6.07) is 13.1. The minimum Gasteiger partial charge on any atom is -0.289 e. The molecule has 0 amide bonds. The Labute approximate surface area is 120 Å². The van der Waals surface area contributed by atoms with Crippen molar-refractivity contribution in [3.63, 3.8) is 0 Å². The van der Waals surface area contributed by atoms with Crippen LogP contribution in [0.4, 0.5) is 5.69 Å². The Morgan fingerprint density at radius 1 is 1.05 bits per heavy atom. The van der Waals surface area contributed by atoms with Gasteiger partial charge in [-0.15, -0.1) is 0 Å². The Morgan fingerprint density at radius 3 is 2.67 bits per heavy atom. The highest BCUT2D eigenvalue weighted by atomic mass is 16.6. The van der Waals surface area contributed by atoms with Crippen molar-refractivity contribution >= 4 is 22.2 Å². The Bertz CT molecular complexity index is 854. The number of nitrogens with zero attached hydrogens (tertiary/aromatic N) is 2. The largest absolute Gasteiger partial charge is 0.289 e. The molecule has 1 aromatic heterocycles. The first kappa shape index (κ1) is 12.9. The molecule has 0 radical (unpaired) electrons. The monoisotopic (exact) mass is 278 g/mol. The molecule has 5 heteroatoms. The standard InChI is InChI=1S/C16H10N2O3/c19-16(11-5-3-6-13(8-11)18(20)21)15-10-17-9-12-4-1-2-7-14(12)15/h1-10H. The van der Waals surface area contributed by atoms with Gasteiger partial charge in [0.1, 0.15) is 0 Å². The molecule has 0 saturated carbocycles. The van der Waals surface area contributed by atoms with Crippen LogP contribution in [0.3, 0.4) is 0 Å². The van der Waals surface area contributed by atoms with Crippen LogP contribution in [0.5, 0.6) is 0 Å². The molecule has 0 aliphatic rings. The SMILES string of the molecule is O=C(c1cccc([N+](=O)[O-])c1)c1cncc2ccccc12. The Balaban J connectivity index is 2.13. The first-order valence-electron chi connectivity index (χ1n) is 6.29. The lowest BCUT2D eigenvalue weighted by atomic mass is 9.99. The summed E-state index contributed by atoms with van der Waals surface area (Å²) in [5.74, 6) is -0.275. The van der Waals surface area contributed by atoms with Gasteiger partial charge in [0, 0.05) is 41.0 Å². The zero-order valence-corrected chi connectivity index (χ0v) is 10.9. The van der Waals surface area contributed by atoms with E-state index < -0.39 is 4.92 Å². The maximum atomic E-state index is 12.6. The van der Waals surface area contributed by atoms with Crippen molar-refractivity contribution in [2.45, 2.75) is 0 Å². The number of benzene rings is 2. The van der Waals surface area contributed by atoms with Gasteiger partial charge >= 0.3 is 0 Å². The van der Waals surface area contributed by atoms with Crippen LogP contribution < -0.4 is 0 Å². The van der Waals surface area contributed by atoms with Gasteiger partial charge in [-0.2, -0.15) is 0 Å². The topological polar surface area (TPSA) is 73.1 Å². The Morgan fingerprint density at radius 2 is 1.86 bits per heavy atom. The molecule has 21 heavy (non-hydrogen) atoms. The molecule has 0 aliphatic carbocycles. The highest BCUT2D eigenvalue weighted by molar-refractivity contribution is 6.16. The molecule has 0 saturated heterocycles. The third-order valence-electron chi connectivity index (χ3n) is 3.23. The van der Waals surface area contributed by atoms with Crippen LogP contribution in [0.25, 0.3) is 10.8 Å². The highest BCUT2D eigenvalue weighted by Gasteiger charge is 2.15. The van der Waals surface area contributed by atoms with E-state index in [1.165, 1.54) is 24.4 Å². The number of aromatic nitrogens is 1. The van der Waals surface area contributed by atoms with Crippen molar-refractivity contribution in [3.05, 3.63) is 82.2 Å². The van der Waals surface area contributed by atoms with Crippen LogP contribution in [-0.2, 0) is 0 Å². The minimum atomic E-state index is -0.516. The summed E-state index contributed by atoms with van der Waals surface area (Å²) < 4.78 is 0. The van der Waals surface area contributed by atoms with E-state index in [0.717, 1.165) is 10.8 Å². The summed E-state index contributed by atoms with van der Waals surface area (Å²) >= 11 is 0. The number of ketones is 1. The molecule has 0 unspecified atom stereocenters. The predicted octanol–water partition coefficient (Wildman–Crippen LogP) is 3.37. The van der Waals surface area contributed by atoms with Crippen molar-refractivity contribution in [1.29, 1.82) is 0 Å². The maximum absolute atomic E-state index is 12.6. The van der Waals surface area contributed by atoms with Crippen molar-refractivity contribution in [2.75, 3.05) is 0 Å². The van der Waals surface area contributed by atoms with Gasteiger partial charge in [0.05, 0.1) is 4.92 Å². The molecule has 0 N–H and O–H groups in total. The maximum Gasteiger partial charge on any atom is 0.270 e. The number of non-ortho nitro benzene ring substituents is 1. The number of nitro groups is 1. The molecule has 0 aliphatic heterocycles. The van der Waals surface area contributed by atoms with Crippen LogP contribution in [0, 0.1) is 10.1 Å². The Hall–Kier alpha value is -3.08. The summed E-state index contributed by atoms with van der Waals surface area (Å²) in [6.45, 7) is 0. The zero-order chi connectivity index (χ0) is 14.8. The molecule has 0 atom stereocenters. The van der Waals surface area contributed by atoms with Gasteiger partial charge in [0.25, 0.3) is 5.69 Å². The summed E-state index contributed by atoms with van der Waals surface area (Å²) in [4.78, 5) is 26.9. The van der Waals surface area contributed by atoms with Crippen molar-refractivity contribution < 1.29 is 9.72 Å². The minimum absolute atomic E-state index is 0.103. The lowest BCUT2D eigenvalue weighted by Crippen LogP contribution is -2.03. The second kappa shape index (κ2) is 5.13. The van der Waals surface area contributed by atoms with Gasteiger partial charge in [-0.1, -0.05) is 36.4 Å². The molecule has 0 bridgehead atoms. The Kier molecular flexibility index (Phi) is 3.16. The molecular weight excluding hydrogens is 268 g/mol. The van der Waals surface area contributed by atoms with Gasteiger partial charge in [-0.3, -0.25) is 19.9 Å². The summed E-state index contributed by atoms with van der Waals surface area (Å²) in [6.07, 6.45) is 3.17. The number of carbonyl (C=O) groups excluding carboxylic acids is 1. The van der Waals surface area contributed by atoms with Gasteiger partial charge in [0.2, 0.25) is 0 Å². The van der Waals surface area contributed by atoms with Crippen LogP contribution in [0.15, 0.2) is 60.9 Å². The van der Waals surface area contributed by atoms with E-state index in [-0.39, 0.29) is 17.0 Å². The van der Waals surface area contributed by atoms with Crippen molar-refractivity contribution in [3.8, 4) is 0 Å². The summed E-state index contributed by atoms with van der Waals surface area (Å²) in [5.41, 5.74) is 0.616. The average molecular weight is 278 g/mol. The van der Waals surface area contributed by atoms with E-state index in [2.05, 4.69) is 4.98 Å². The second-order valence-corrected chi connectivity index (χ2v) is 4.54. The number of pyridine rings is 1. The van der Waals surface area contributed by atoms with Gasteiger partial charge < -0.3 is 0 Å². The van der Waals surface area contributed by atoms with Crippen molar-refractivity contribution in [2.24, 2.45) is 0 Å². The molecule has 0 spiro atoms. The van der Waals surface area contributed by atoms with Crippen LogP contribution in [-0.4, -0.2) is 15.7 Å². The van der Waals surface area contributed by atoms with E-state index in [4.69, 9.17) is 0 Å². The van der Waals surface area contributed by atoms with E-state index in [1.807, 2.05) is 24.3 Å². The third kappa shape index (κ3) is 2.36. The first-order chi connectivity index (χ1) is 10.2. The third-order valence-corrected chi connectivity index (χ3v) is 3.23. The normalized spacial score (nSPS) is 10.5. The van der Waals surface area contributed by atoms with Crippen molar-refractivity contribution in [1.82, 2.24) is 4.98 Å². The molecule has 0 fully saturated rings. The fourth-order valence-corrected chi connectivity index (χ4v) is 2.21. The summed E-state index contributed by atoms with van der Waals surface area (Å²) in [7, 11) is 0. The molecule has 5 nitrogen and oxygen atoms in total.